The summed E-state index contributed by atoms with van der Waals surface area (Å²) in [6.07, 6.45) is 9.52. The minimum atomic E-state index is 0.154. The Balaban J connectivity index is 1.92. The largest absolute Gasteiger partial charge is 0.395 e. The highest BCUT2D eigenvalue weighted by molar-refractivity contribution is 5.78. The number of carbonyl (C=O) groups is 1. The van der Waals surface area contributed by atoms with Crippen molar-refractivity contribution in [1.82, 2.24) is 9.80 Å². The molecule has 1 saturated carbocycles. The molecule has 0 aromatic carbocycles. The van der Waals surface area contributed by atoms with Crippen molar-refractivity contribution in [2.45, 2.75) is 70.4 Å². The molecule has 1 aliphatic heterocycles. The molecular formula is C16H30N2O2. The summed E-state index contributed by atoms with van der Waals surface area (Å²) in [5.41, 5.74) is 0. The van der Waals surface area contributed by atoms with Crippen LogP contribution >= 0.6 is 0 Å². The summed E-state index contributed by atoms with van der Waals surface area (Å²) in [5.74, 6) is 0.275. The molecule has 1 amide bonds. The summed E-state index contributed by atoms with van der Waals surface area (Å²) >= 11 is 0. The molecule has 1 saturated heterocycles. The lowest BCUT2D eigenvalue weighted by Gasteiger charge is -2.37. The number of amides is 1. The minimum absolute atomic E-state index is 0.154. The lowest BCUT2D eigenvalue weighted by atomic mass is 10.00. The third-order valence-electron chi connectivity index (χ3n) is 4.99. The van der Waals surface area contributed by atoms with Crippen molar-refractivity contribution >= 4 is 5.91 Å². The number of piperidine rings is 1. The Morgan fingerprint density at radius 1 is 1.20 bits per heavy atom. The Hall–Kier alpha value is -0.610. The summed E-state index contributed by atoms with van der Waals surface area (Å²) in [7, 11) is 0. The number of nitrogens with zero attached hydrogens (tertiary/aromatic N) is 2. The van der Waals surface area contributed by atoms with Crippen LogP contribution in [0.3, 0.4) is 0 Å². The van der Waals surface area contributed by atoms with Crippen LogP contribution in [-0.2, 0) is 4.79 Å². The first-order valence-corrected chi connectivity index (χ1v) is 8.40. The highest BCUT2D eigenvalue weighted by Crippen LogP contribution is 2.24. The van der Waals surface area contributed by atoms with E-state index in [-0.39, 0.29) is 12.5 Å². The number of rotatable bonds is 6. The van der Waals surface area contributed by atoms with Crippen LogP contribution in [0.2, 0.25) is 0 Å². The molecule has 1 heterocycles. The smallest absolute Gasteiger partial charge is 0.237 e. The molecule has 1 aliphatic carbocycles. The number of carbonyl (C=O) groups excluding carboxylic acids is 1. The Bertz CT molecular complexity index is 303. The highest BCUT2D eigenvalue weighted by atomic mass is 16.3. The molecule has 0 bridgehead atoms. The summed E-state index contributed by atoms with van der Waals surface area (Å²) in [6.45, 7) is 4.40. The van der Waals surface area contributed by atoms with Gasteiger partial charge < -0.3 is 10.0 Å². The van der Waals surface area contributed by atoms with Crippen LogP contribution in [0.25, 0.3) is 0 Å². The average Bonchev–Trinajstić information content (AvgIpc) is 3.00. The topological polar surface area (TPSA) is 43.8 Å². The van der Waals surface area contributed by atoms with Crippen molar-refractivity contribution in [3.05, 3.63) is 0 Å². The average molecular weight is 282 g/mol. The van der Waals surface area contributed by atoms with Gasteiger partial charge in [-0.05, 0) is 38.5 Å². The second-order valence-electron chi connectivity index (χ2n) is 6.28. The lowest BCUT2D eigenvalue weighted by Crippen LogP contribution is -2.50. The molecular weight excluding hydrogens is 252 g/mol. The Morgan fingerprint density at radius 2 is 1.90 bits per heavy atom. The van der Waals surface area contributed by atoms with Gasteiger partial charge in [0.1, 0.15) is 0 Å². The Morgan fingerprint density at radius 3 is 2.55 bits per heavy atom. The number of hydrogen-bond donors (Lipinski definition) is 1. The Labute approximate surface area is 123 Å². The number of likely N-dealkylation sites (tertiary alicyclic amines) is 1. The quantitative estimate of drug-likeness (QED) is 0.810. The Kier molecular flexibility index (Phi) is 6.30. The predicted molar refractivity (Wildman–Crippen MR) is 80.6 cm³/mol. The van der Waals surface area contributed by atoms with E-state index in [4.69, 9.17) is 0 Å². The summed E-state index contributed by atoms with van der Waals surface area (Å²) in [6, 6.07) is 0.951. The summed E-state index contributed by atoms with van der Waals surface area (Å²) < 4.78 is 0. The first-order chi connectivity index (χ1) is 9.76. The van der Waals surface area contributed by atoms with Crippen molar-refractivity contribution in [2.24, 2.45) is 0 Å². The van der Waals surface area contributed by atoms with E-state index in [9.17, 15) is 9.90 Å². The second-order valence-corrected chi connectivity index (χ2v) is 6.28. The van der Waals surface area contributed by atoms with Crippen molar-refractivity contribution in [2.75, 3.05) is 26.2 Å². The van der Waals surface area contributed by atoms with Gasteiger partial charge in [-0.3, -0.25) is 9.69 Å². The van der Waals surface area contributed by atoms with Crippen molar-refractivity contribution < 1.29 is 9.90 Å². The van der Waals surface area contributed by atoms with E-state index in [0.717, 1.165) is 25.8 Å². The molecule has 1 unspecified atom stereocenters. The van der Waals surface area contributed by atoms with E-state index >= 15 is 0 Å². The number of aliphatic hydroxyl groups excluding tert-OH is 1. The second kappa shape index (κ2) is 7.99. The predicted octanol–water partition coefficient (Wildman–Crippen LogP) is 2.01. The first-order valence-electron chi connectivity index (χ1n) is 8.40. The van der Waals surface area contributed by atoms with Gasteiger partial charge in [0.25, 0.3) is 0 Å². The highest BCUT2D eigenvalue weighted by Gasteiger charge is 2.29. The fourth-order valence-electron chi connectivity index (χ4n) is 3.81. The summed E-state index contributed by atoms with van der Waals surface area (Å²) in [4.78, 5) is 16.9. The molecule has 4 heteroatoms. The van der Waals surface area contributed by atoms with Crippen LogP contribution in [0.5, 0.6) is 0 Å². The summed E-state index contributed by atoms with van der Waals surface area (Å²) in [5, 5.41) is 9.25. The SMILES string of the molecule is CCC1CCCCN1C(=O)CN(CCO)C1CCCC1. The maximum Gasteiger partial charge on any atom is 0.237 e. The molecule has 0 radical (unpaired) electrons. The van der Waals surface area contributed by atoms with Crippen LogP contribution in [0.15, 0.2) is 0 Å². The third-order valence-corrected chi connectivity index (χ3v) is 4.99. The molecule has 4 nitrogen and oxygen atoms in total. The van der Waals surface area contributed by atoms with Gasteiger partial charge in [0, 0.05) is 25.2 Å². The van der Waals surface area contributed by atoms with Crippen LogP contribution in [0.1, 0.15) is 58.3 Å². The van der Waals surface area contributed by atoms with Gasteiger partial charge in [0.15, 0.2) is 0 Å². The lowest BCUT2D eigenvalue weighted by molar-refractivity contribution is -0.136. The van der Waals surface area contributed by atoms with Crippen LogP contribution in [-0.4, -0.2) is 59.1 Å². The van der Waals surface area contributed by atoms with Crippen molar-refractivity contribution in [3.8, 4) is 0 Å². The molecule has 0 spiro atoms. The minimum Gasteiger partial charge on any atom is -0.395 e. The monoisotopic (exact) mass is 282 g/mol. The molecule has 2 fully saturated rings. The van der Waals surface area contributed by atoms with Crippen molar-refractivity contribution in [1.29, 1.82) is 0 Å². The van der Waals surface area contributed by atoms with Crippen LogP contribution < -0.4 is 0 Å². The van der Waals surface area contributed by atoms with E-state index < -0.39 is 0 Å². The van der Waals surface area contributed by atoms with E-state index in [1.165, 1.54) is 32.1 Å². The first kappa shape index (κ1) is 15.8. The van der Waals surface area contributed by atoms with Gasteiger partial charge in [-0.1, -0.05) is 19.8 Å². The van der Waals surface area contributed by atoms with E-state index in [2.05, 4.69) is 16.7 Å². The number of hydrogen-bond acceptors (Lipinski definition) is 3. The van der Waals surface area contributed by atoms with E-state index in [1.807, 2.05) is 0 Å². The zero-order valence-electron chi connectivity index (χ0n) is 12.9. The normalized spacial score (nSPS) is 24.6. The van der Waals surface area contributed by atoms with E-state index in [0.29, 0.717) is 25.2 Å². The van der Waals surface area contributed by atoms with Gasteiger partial charge in [0.05, 0.1) is 13.2 Å². The van der Waals surface area contributed by atoms with Crippen LogP contribution in [0.4, 0.5) is 0 Å². The van der Waals surface area contributed by atoms with Gasteiger partial charge in [0.2, 0.25) is 5.91 Å². The fourth-order valence-corrected chi connectivity index (χ4v) is 3.81. The molecule has 116 valence electrons. The number of aliphatic hydroxyl groups is 1. The zero-order chi connectivity index (χ0) is 14.4. The molecule has 2 rings (SSSR count). The van der Waals surface area contributed by atoms with Gasteiger partial charge >= 0.3 is 0 Å². The maximum atomic E-state index is 12.6. The standard InChI is InChI=1S/C16H30N2O2/c1-2-14-7-5-6-10-18(14)16(20)13-17(11-12-19)15-8-3-4-9-15/h14-15,19H,2-13H2,1H3. The van der Waals surface area contributed by atoms with Gasteiger partial charge in [-0.15, -0.1) is 0 Å². The van der Waals surface area contributed by atoms with Gasteiger partial charge in [-0.25, -0.2) is 0 Å². The van der Waals surface area contributed by atoms with Crippen LogP contribution in [0, 0.1) is 0 Å². The third kappa shape index (κ3) is 3.95. The van der Waals surface area contributed by atoms with Crippen molar-refractivity contribution in [3.63, 3.8) is 0 Å². The molecule has 20 heavy (non-hydrogen) atoms. The van der Waals surface area contributed by atoms with E-state index in [1.54, 1.807) is 0 Å². The molecule has 1 N–H and O–H groups in total. The maximum absolute atomic E-state index is 12.6. The molecule has 0 aromatic rings. The molecule has 0 aromatic heterocycles. The molecule has 1 atom stereocenters. The fraction of sp³-hybridized carbons (Fsp3) is 0.938. The van der Waals surface area contributed by atoms with Gasteiger partial charge in [-0.2, -0.15) is 0 Å². The molecule has 2 aliphatic rings. The zero-order valence-corrected chi connectivity index (χ0v) is 12.9.